The highest BCUT2D eigenvalue weighted by molar-refractivity contribution is 5.94. The van der Waals surface area contributed by atoms with E-state index < -0.39 is 0 Å². The van der Waals surface area contributed by atoms with Crippen LogP contribution in [0.3, 0.4) is 0 Å². The van der Waals surface area contributed by atoms with Crippen LogP contribution in [0.1, 0.15) is 0 Å². The van der Waals surface area contributed by atoms with E-state index in [1.165, 1.54) is 0 Å². The molecule has 2 aromatic heterocycles. The molecule has 0 spiro atoms. The first-order valence-corrected chi connectivity index (χ1v) is 7.31. The summed E-state index contributed by atoms with van der Waals surface area (Å²) in [4.78, 5) is 22.9. The Balaban J connectivity index is 2.00. The molecule has 0 fully saturated rings. The van der Waals surface area contributed by atoms with Crippen molar-refractivity contribution in [2.75, 3.05) is 0 Å². The quantitative estimate of drug-likeness (QED) is 0.614. The maximum Gasteiger partial charge on any atom is 0.345 e. The predicted molar refractivity (Wildman–Crippen MR) is 91.0 cm³/mol. The van der Waals surface area contributed by atoms with Gasteiger partial charge >= 0.3 is 5.69 Å². The SMILES string of the molecule is O=c1nc(-c2ccccc2)c2cc(-c3ccncc3)ccc2[nH]1. The Morgan fingerprint density at radius 1 is 0.783 bits per heavy atom. The third-order valence-corrected chi connectivity index (χ3v) is 3.79. The van der Waals surface area contributed by atoms with Crippen LogP contribution in [0.2, 0.25) is 0 Å². The number of hydrogen-bond donors (Lipinski definition) is 1. The minimum Gasteiger partial charge on any atom is -0.305 e. The molecule has 110 valence electrons. The Morgan fingerprint density at radius 2 is 1.57 bits per heavy atom. The summed E-state index contributed by atoms with van der Waals surface area (Å²) in [6, 6.07) is 19.6. The zero-order valence-corrected chi connectivity index (χ0v) is 12.2. The molecular weight excluding hydrogens is 286 g/mol. The first-order valence-electron chi connectivity index (χ1n) is 7.31. The first kappa shape index (κ1) is 13.4. The number of hydrogen-bond acceptors (Lipinski definition) is 3. The van der Waals surface area contributed by atoms with E-state index >= 15 is 0 Å². The molecule has 4 nitrogen and oxygen atoms in total. The highest BCUT2D eigenvalue weighted by Gasteiger charge is 2.09. The Kier molecular flexibility index (Phi) is 3.20. The molecule has 0 atom stereocenters. The average Bonchev–Trinajstić information content (AvgIpc) is 2.62. The second-order valence-electron chi connectivity index (χ2n) is 5.25. The predicted octanol–water partition coefficient (Wildman–Crippen LogP) is 3.65. The second-order valence-corrected chi connectivity index (χ2v) is 5.25. The number of nitrogens with zero attached hydrogens (tertiary/aromatic N) is 2. The van der Waals surface area contributed by atoms with Crippen LogP contribution in [0.15, 0.2) is 77.9 Å². The van der Waals surface area contributed by atoms with Crippen LogP contribution in [0, 0.1) is 0 Å². The molecule has 0 saturated heterocycles. The molecular formula is C19H13N3O. The van der Waals surface area contributed by atoms with Gasteiger partial charge in [-0.1, -0.05) is 36.4 Å². The lowest BCUT2D eigenvalue weighted by molar-refractivity contribution is 1.12. The number of nitrogens with one attached hydrogen (secondary N) is 1. The van der Waals surface area contributed by atoms with Crippen molar-refractivity contribution in [1.82, 2.24) is 15.0 Å². The van der Waals surface area contributed by atoms with Gasteiger partial charge in [-0.25, -0.2) is 4.79 Å². The molecule has 0 saturated carbocycles. The molecule has 2 aromatic carbocycles. The fourth-order valence-electron chi connectivity index (χ4n) is 2.69. The number of benzene rings is 2. The lowest BCUT2D eigenvalue weighted by Crippen LogP contribution is -2.11. The Hall–Kier alpha value is -3.27. The van der Waals surface area contributed by atoms with E-state index in [2.05, 4.69) is 21.0 Å². The van der Waals surface area contributed by atoms with Crippen molar-refractivity contribution in [3.63, 3.8) is 0 Å². The second kappa shape index (κ2) is 5.50. The van der Waals surface area contributed by atoms with E-state index in [0.717, 1.165) is 27.6 Å². The van der Waals surface area contributed by atoms with E-state index in [-0.39, 0.29) is 5.69 Å². The smallest absolute Gasteiger partial charge is 0.305 e. The third kappa shape index (κ3) is 2.51. The zero-order valence-electron chi connectivity index (χ0n) is 12.2. The lowest BCUT2D eigenvalue weighted by atomic mass is 10.0. The summed E-state index contributed by atoms with van der Waals surface area (Å²) in [5, 5.41) is 0.921. The highest BCUT2D eigenvalue weighted by Crippen LogP contribution is 2.28. The molecule has 1 N–H and O–H groups in total. The van der Waals surface area contributed by atoms with Gasteiger partial charge in [0.2, 0.25) is 0 Å². The van der Waals surface area contributed by atoms with Crippen molar-refractivity contribution in [2.24, 2.45) is 0 Å². The molecule has 2 heterocycles. The fourth-order valence-corrected chi connectivity index (χ4v) is 2.69. The lowest BCUT2D eigenvalue weighted by Gasteiger charge is -2.08. The summed E-state index contributed by atoms with van der Waals surface area (Å²) < 4.78 is 0. The maximum atomic E-state index is 11.9. The Bertz CT molecular complexity index is 1020. The molecule has 0 radical (unpaired) electrons. The highest BCUT2D eigenvalue weighted by atomic mass is 16.1. The largest absolute Gasteiger partial charge is 0.345 e. The fraction of sp³-hybridized carbons (Fsp3) is 0. The van der Waals surface area contributed by atoms with Gasteiger partial charge in [0.15, 0.2) is 0 Å². The maximum absolute atomic E-state index is 11.9. The van der Waals surface area contributed by atoms with Crippen molar-refractivity contribution in [3.05, 3.63) is 83.5 Å². The summed E-state index contributed by atoms with van der Waals surface area (Å²) in [7, 11) is 0. The van der Waals surface area contributed by atoms with Crippen LogP contribution in [0.5, 0.6) is 0 Å². The summed E-state index contributed by atoms with van der Waals surface area (Å²) in [6.07, 6.45) is 3.53. The zero-order chi connectivity index (χ0) is 15.6. The molecule has 23 heavy (non-hydrogen) atoms. The summed E-state index contributed by atoms with van der Waals surface area (Å²) in [5.74, 6) is 0. The van der Waals surface area contributed by atoms with Gasteiger partial charge < -0.3 is 4.98 Å². The molecule has 4 rings (SSSR count). The summed E-state index contributed by atoms with van der Waals surface area (Å²) in [6.45, 7) is 0. The van der Waals surface area contributed by atoms with Crippen molar-refractivity contribution >= 4 is 10.9 Å². The Morgan fingerprint density at radius 3 is 2.35 bits per heavy atom. The molecule has 0 aliphatic heterocycles. The molecule has 4 heteroatoms. The van der Waals surface area contributed by atoms with Gasteiger partial charge in [-0.2, -0.15) is 4.98 Å². The third-order valence-electron chi connectivity index (χ3n) is 3.79. The molecule has 0 aliphatic rings. The van der Waals surface area contributed by atoms with E-state index in [0.29, 0.717) is 5.69 Å². The van der Waals surface area contributed by atoms with Crippen LogP contribution in [-0.2, 0) is 0 Å². The normalized spacial score (nSPS) is 10.8. The van der Waals surface area contributed by atoms with E-state index in [9.17, 15) is 4.79 Å². The van der Waals surface area contributed by atoms with E-state index in [4.69, 9.17) is 0 Å². The van der Waals surface area contributed by atoms with Crippen LogP contribution >= 0.6 is 0 Å². The minimum absolute atomic E-state index is 0.340. The molecule has 0 bridgehead atoms. The van der Waals surface area contributed by atoms with Gasteiger partial charge in [0, 0.05) is 23.3 Å². The van der Waals surface area contributed by atoms with Gasteiger partial charge in [0.05, 0.1) is 11.2 Å². The monoisotopic (exact) mass is 299 g/mol. The number of aromatic nitrogens is 3. The van der Waals surface area contributed by atoms with Crippen molar-refractivity contribution in [1.29, 1.82) is 0 Å². The number of fused-ring (bicyclic) bond motifs is 1. The van der Waals surface area contributed by atoms with Crippen LogP contribution < -0.4 is 5.69 Å². The van der Waals surface area contributed by atoms with Crippen LogP contribution in [0.25, 0.3) is 33.3 Å². The van der Waals surface area contributed by atoms with Gasteiger partial charge in [0.1, 0.15) is 0 Å². The molecule has 0 amide bonds. The van der Waals surface area contributed by atoms with Gasteiger partial charge in [0.25, 0.3) is 0 Å². The minimum atomic E-state index is -0.340. The average molecular weight is 299 g/mol. The van der Waals surface area contributed by atoms with E-state index in [1.54, 1.807) is 12.4 Å². The molecule has 0 aliphatic carbocycles. The van der Waals surface area contributed by atoms with Crippen molar-refractivity contribution < 1.29 is 0 Å². The van der Waals surface area contributed by atoms with Crippen molar-refractivity contribution in [2.45, 2.75) is 0 Å². The molecule has 4 aromatic rings. The summed E-state index contributed by atoms with van der Waals surface area (Å²) in [5.41, 5.74) is 4.20. The number of rotatable bonds is 2. The van der Waals surface area contributed by atoms with E-state index in [1.807, 2.05) is 54.6 Å². The first-order chi connectivity index (χ1) is 11.3. The van der Waals surface area contributed by atoms with Gasteiger partial charge in [-0.05, 0) is 35.4 Å². The van der Waals surface area contributed by atoms with Gasteiger partial charge in [-0.3, -0.25) is 4.98 Å². The Labute approximate surface area is 132 Å². The summed E-state index contributed by atoms with van der Waals surface area (Å²) >= 11 is 0. The van der Waals surface area contributed by atoms with Crippen molar-refractivity contribution in [3.8, 4) is 22.4 Å². The number of aromatic amines is 1. The standard InChI is InChI=1S/C19H13N3O/c23-19-21-17-7-6-15(13-8-10-20-11-9-13)12-16(17)18(22-19)14-4-2-1-3-5-14/h1-12H,(H,21,22,23). The number of pyridine rings is 1. The van der Waals surface area contributed by atoms with Crippen LogP contribution in [0.4, 0.5) is 0 Å². The topological polar surface area (TPSA) is 58.6 Å². The molecule has 0 unspecified atom stereocenters. The van der Waals surface area contributed by atoms with Crippen LogP contribution in [-0.4, -0.2) is 15.0 Å². The number of H-pyrrole nitrogens is 1. The van der Waals surface area contributed by atoms with Gasteiger partial charge in [-0.15, -0.1) is 0 Å².